The first-order valence-electron chi connectivity index (χ1n) is 3.01. The highest BCUT2D eigenvalue weighted by molar-refractivity contribution is 9.10. The Morgan fingerprint density at radius 1 is 1.73 bits per heavy atom. The molecule has 1 rings (SSSR count). The maximum absolute atomic E-state index is 8.37. The van der Waals surface area contributed by atoms with Crippen molar-refractivity contribution in [2.24, 2.45) is 0 Å². The summed E-state index contributed by atoms with van der Waals surface area (Å²) in [7, 11) is 0. The van der Waals surface area contributed by atoms with Crippen LogP contribution in [0, 0.1) is 11.3 Å². The van der Waals surface area contributed by atoms with Gasteiger partial charge in [0.15, 0.2) is 0 Å². The summed E-state index contributed by atoms with van der Waals surface area (Å²) < 4.78 is 0.790. The van der Waals surface area contributed by atoms with E-state index in [0.29, 0.717) is 11.4 Å². The lowest BCUT2D eigenvalue weighted by Gasteiger charge is -2.00. The van der Waals surface area contributed by atoms with Gasteiger partial charge in [0.2, 0.25) is 0 Å². The Hall–Kier alpha value is -1.08. The zero-order valence-electron chi connectivity index (χ0n) is 5.71. The van der Waals surface area contributed by atoms with E-state index < -0.39 is 0 Å². The van der Waals surface area contributed by atoms with Gasteiger partial charge in [-0.15, -0.1) is 0 Å². The number of halogens is 1. The number of nitrogen functional groups attached to an aromatic ring is 1. The van der Waals surface area contributed by atoms with Gasteiger partial charge in [-0.1, -0.05) is 0 Å². The van der Waals surface area contributed by atoms with Crippen molar-refractivity contribution in [2.45, 2.75) is 6.42 Å². The van der Waals surface area contributed by atoms with E-state index >= 15 is 0 Å². The predicted molar refractivity (Wildman–Crippen MR) is 45.7 cm³/mol. The van der Waals surface area contributed by atoms with Gasteiger partial charge in [0.25, 0.3) is 0 Å². The Balaban J connectivity index is 3.08. The number of pyridine rings is 1. The van der Waals surface area contributed by atoms with Crippen molar-refractivity contribution in [1.82, 2.24) is 4.98 Å². The number of nitriles is 1. The van der Waals surface area contributed by atoms with E-state index in [-0.39, 0.29) is 6.42 Å². The highest BCUT2D eigenvalue weighted by atomic mass is 79.9. The van der Waals surface area contributed by atoms with E-state index in [4.69, 9.17) is 11.0 Å². The molecule has 0 amide bonds. The lowest BCUT2D eigenvalue weighted by Crippen LogP contribution is -1.97. The number of rotatable bonds is 1. The summed E-state index contributed by atoms with van der Waals surface area (Å²) in [6.07, 6.45) is 1.87. The second-order valence-corrected chi connectivity index (χ2v) is 2.84. The number of hydrogen-bond acceptors (Lipinski definition) is 3. The molecule has 11 heavy (non-hydrogen) atoms. The van der Waals surface area contributed by atoms with Crippen LogP contribution < -0.4 is 5.73 Å². The Morgan fingerprint density at radius 3 is 3.09 bits per heavy atom. The fourth-order valence-electron chi connectivity index (χ4n) is 0.706. The number of nitrogens with zero attached hydrogens (tertiary/aromatic N) is 2. The molecule has 1 aromatic rings. The van der Waals surface area contributed by atoms with Crippen LogP contribution in [0.4, 0.5) is 5.69 Å². The summed E-state index contributed by atoms with van der Waals surface area (Å²) in [6.45, 7) is 0. The normalized spacial score (nSPS) is 9.09. The zero-order valence-corrected chi connectivity index (χ0v) is 7.30. The summed E-state index contributed by atoms with van der Waals surface area (Å²) in [4.78, 5) is 3.95. The smallest absolute Gasteiger partial charge is 0.0795 e. The van der Waals surface area contributed by atoms with Crippen LogP contribution >= 0.6 is 15.9 Å². The van der Waals surface area contributed by atoms with Crippen LogP contribution in [-0.4, -0.2) is 4.98 Å². The minimum Gasteiger partial charge on any atom is -0.396 e. The van der Waals surface area contributed by atoms with Gasteiger partial charge in [-0.25, -0.2) is 0 Å². The fraction of sp³-hybridized carbons (Fsp3) is 0.143. The number of hydrogen-bond donors (Lipinski definition) is 1. The SMILES string of the molecule is N#CCc1nccc(Br)c1N. The number of anilines is 1. The molecule has 1 heterocycles. The van der Waals surface area contributed by atoms with E-state index in [9.17, 15) is 0 Å². The van der Waals surface area contributed by atoms with Crippen LogP contribution in [-0.2, 0) is 6.42 Å². The van der Waals surface area contributed by atoms with Crippen LogP contribution in [0.2, 0.25) is 0 Å². The second kappa shape index (κ2) is 3.35. The Kier molecular flexibility index (Phi) is 2.44. The lowest BCUT2D eigenvalue weighted by atomic mass is 10.2. The molecule has 0 bridgehead atoms. The summed E-state index contributed by atoms with van der Waals surface area (Å²) in [5.41, 5.74) is 6.78. The standard InChI is InChI=1S/C7H6BrN3/c8-5-2-4-11-6(1-3-9)7(5)10/h2,4H,1,10H2. The monoisotopic (exact) mass is 211 g/mol. The van der Waals surface area contributed by atoms with Gasteiger partial charge in [-0.05, 0) is 22.0 Å². The van der Waals surface area contributed by atoms with Crippen LogP contribution in [0.1, 0.15) is 5.69 Å². The largest absolute Gasteiger partial charge is 0.396 e. The van der Waals surface area contributed by atoms with Crippen LogP contribution in [0.3, 0.4) is 0 Å². The van der Waals surface area contributed by atoms with Gasteiger partial charge < -0.3 is 5.73 Å². The molecule has 4 heteroatoms. The third-order valence-electron chi connectivity index (χ3n) is 1.27. The predicted octanol–water partition coefficient (Wildman–Crippen LogP) is 1.49. The third kappa shape index (κ3) is 1.69. The molecular weight excluding hydrogens is 206 g/mol. The third-order valence-corrected chi connectivity index (χ3v) is 1.96. The summed E-state index contributed by atoms with van der Waals surface area (Å²) in [5.74, 6) is 0. The van der Waals surface area contributed by atoms with Crippen molar-refractivity contribution in [1.29, 1.82) is 5.26 Å². The van der Waals surface area contributed by atoms with Gasteiger partial charge in [0.1, 0.15) is 0 Å². The van der Waals surface area contributed by atoms with Gasteiger partial charge in [0, 0.05) is 10.7 Å². The van der Waals surface area contributed by atoms with E-state index in [2.05, 4.69) is 20.9 Å². The maximum atomic E-state index is 8.37. The second-order valence-electron chi connectivity index (χ2n) is 1.99. The molecule has 0 fully saturated rings. The molecule has 56 valence electrons. The van der Waals surface area contributed by atoms with Crippen molar-refractivity contribution < 1.29 is 0 Å². The molecule has 1 aromatic heterocycles. The molecule has 2 N–H and O–H groups in total. The Labute approximate surface area is 73.0 Å². The molecule has 0 saturated carbocycles. The topological polar surface area (TPSA) is 62.7 Å². The summed E-state index contributed by atoms with van der Waals surface area (Å²) in [6, 6.07) is 3.73. The Morgan fingerprint density at radius 2 is 2.45 bits per heavy atom. The van der Waals surface area contributed by atoms with E-state index in [0.717, 1.165) is 4.47 Å². The molecule has 0 aromatic carbocycles. The van der Waals surface area contributed by atoms with E-state index in [1.807, 2.05) is 6.07 Å². The first-order valence-corrected chi connectivity index (χ1v) is 3.81. The first kappa shape index (κ1) is 8.02. The van der Waals surface area contributed by atoms with Crippen molar-refractivity contribution in [3.8, 4) is 6.07 Å². The van der Waals surface area contributed by atoms with Gasteiger partial charge in [-0.3, -0.25) is 4.98 Å². The fourth-order valence-corrected chi connectivity index (χ4v) is 1.05. The quantitative estimate of drug-likeness (QED) is 0.766. The molecular formula is C7H6BrN3. The molecule has 0 saturated heterocycles. The molecule has 0 aliphatic carbocycles. The molecule has 0 atom stereocenters. The van der Waals surface area contributed by atoms with Gasteiger partial charge in [0.05, 0.1) is 23.9 Å². The van der Waals surface area contributed by atoms with Crippen LogP contribution in [0.15, 0.2) is 16.7 Å². The average Bonchev–Trinajstić information content (AvgIpc) is 1.99. The summed E-state index contributed by atoms with van der Waals surface area (Å²) in [5, 5.41) is 8.37. The minimum atomic E-state index is 0.255. The van der Waals surface area contributed by atoms with Crippen molar-refractivity contribution in [3.05, 3.63) is 22.4 Å². The van der Waals surface area contributed by atoms with E-state index in [1.165, 1.54) is 0 Å². The van der Waals surface area contributed by atoms with Gasteiger partial charge in [-0.2, -0.15) is 5.26 Å². The van der Waals surface area contributed by atoms with Crippen molar-refractivity contribution in [3.63, 3.8) is 0 Å². The molecule has 0 radical (unpaired) electrons. The van der Waals surface area contributed by atoms with Crippen LogP contribution in [0.5, 0.6) is 0 Å². The highest BCUT2D eigenvalue weighted by Gasteiger charge is 2.01. The molecule has 0 aliphatic heterocycles. The first-order chi connectivity index (χ1) is 5.25. The van der Waals surface area contributed by atoms with Gasteiger partial charge >= 0.3 is 0 Å². The number of aromatic nitrogens is 1. The Bertz CT molecular complexity index is 303. The molecule has 0 unspecified atom stereocenters. The van der Waals surface area contributed by atoms with Crippen molar-refractivity contribution in [2.75, 3.05) is 5.73 Å². The molecule has 3 nitrogen and oxygen atoms in total. The van der Waals surface area contributed by atoms with E-state index in [1.54, 1.807) is 12.3 Å². The summed E-state index contributed by atoms with van der Waals surface area (Å²) >= 11 is 3.24. The maximum Gasteiger partial charge on any atom is 0.0795 e. The highest BCUT2D eigenvalue weighted by Crippen LogP contribution is 2.20. The van der Waals surface area contributed by atoms with Crippen LogP contribution in [0.25, 0.3) is 0 Å². The van der Waals surface area contributed by atoms with Crippen molar-refractivity contribution >= 4 is 21.6 Å². The number of nitrogens with two attached hydrogens (primary N) is 1. The zero-order chi connectivity index (χ0) is 8.27. The molecule has 0 aliphatic rings. The molecule has 0 spiro atoms. The lowest BCUT2D eigenvalue weighted by molar-refractivity contribution is 1.12. The minimum absolute atomic E-state index is 0.255. The average molecular weight is 212 g/mol.